The molecule has 0 radical (unpaired) electrons. The Morgan fingerprint density at radius 2 is 1.60 bits per heavy atom. The van der Waals surface area contributed by atoms with Crippen molar-refractivity contribution in [3.63, 3.8) is 0 Å². The Kier molecular flexibility index (Phi) is 6.07. The molecule has 0 aliphatic rings. The molecular formula is C12H28O2Si. The molecule has 0 saturated heterocycles. The first-order valence-corrected chi connectivity index (χ1v) is 8.12. The van der Waals surface area contributed by atoms with E-state index in [1.165, 1.54) is 6.42 Å². The van der Waals surface area contributed by atoms with Gasteiger partial charge in [0.25, 0.3) is 0 Å². The van der Waals surface area contributed by atoms with Crippen molar-refractivity contribution in [1.82, 2.24) is 0 Å². The first kappa shape index (κ1) is 15.1. The van der Waals surface area contributed by atoms with E-state index in [-0.39, 0.29) is 5.41 Å². The van der Waals surface area contributed by atoms with Crippen molar-refractivity contribution in [2.45, 2.75) is 53.1 Å². The van der Waals surface area contributed by atoms with E-state index in [1.807, 2.05) is 14.2 Å². The van der Waals surface area contributed by atoms with Crippen molar-refractivity contribution in [2.24, 2.45) is 11.3 Å². The molecule has 2 nitrogen and oxygen atoms in total. The molecule has 0 saturated carbocycles. The van der Waals surface area contributed by atoms with E-state index in [2.05, 4.69) is 34.6 Å². The molecule has 0 rings (SSSR count). The van der Waals surface area contributed by atoms with Crippen LogP contribution in [-0.2, 0) is 8.85 Å². The zero-order chi connectivity index (χ0) is 12.1. The average Bonchev–Trinajstić information content (AvgIpc) is 2.14. The van der Waals surface area contributed by atoms with Crippen LogP contribution in [0.25, 0.3) is 0 Å². The van der Waals surface area contributed by atoms with Gasteiger partial charge in [0.1, 0.15) is 0 Å². The van der Waals surface area contributed by atoms with Crippen molar-refractivity contribution >= 4 is 8.56 Å². The molecule has 1 unspecified atom stereocenters. The monoisotopic (exact) mass is 232 g/mol. The zero-order valence-electron chi connectivity index (χ0n) is 11.5. The largest absolute Gasteiger partial charge is 0.398 e. The van der Waals surface area contributed by atoms with Gasteiger partial charge in [0.15, 0.2) is 0 Å². The van der Waals surface area contributed by atoms with E-state index in [9.17, 15) is 0 Å². The summed E-state index contributed by atoms with van der Waals surface area (Å²) in [5.74, 6) is 0.693. The molecule has 0 amide bonds. The lowest BCUT2D eigenvalue weighted by Crippen LogP contribution is -2.44. The van der Waals surface area contributed by atoms with Crippen LogP contribution in [0.4, 0.5) is 0 Å². The molecule has 1 atom stereocenters. The predicted octanol–water partition coefficient (Wildman–Crippen LogP) is 3.81. The predicted molar refractivity (Wildman–Crippen MR) is 68.3 cm³/mol. The molecular weight excluding hydrogens is 204 g/mol. The zero-order valence-corrected chi connectivity index (χ0v) is 12.5. The summed E-state index contributed by atoms with van der Waals surface area (Å²) in [5.41, 5.74) is 0.283. The summed E-state index contributed by atoms with van der Waals surface area (Å²) in [6.07, 6.45) is 1.20. The lowest BCUT2D eigenvalue weighted by Gasteiger charge is -2.35. The van der Waals surface area contributed by atoms with Gasteiger partial charge in [0, 0.05) is 14.2 Å². The van der Waals surface area contributed by atoms with Crippen LogP contribution < -0.4 is 0 Å². The Morgan fingerprint density at radius 1 is 1.13 bits per heavy atom. The van der Waals surface area contributed by atoms with E-state index < -0.39 is 8.56 Å². The summed E-state index contributed by atoms with van der Waals surface area (Å²) in [6, 6.07) is 2.17. The molecule has 0 heterocycles. The van der Waals surface area contributed by atoms with Gasteiger partial charge in [-0.2, -0.15) is 0 Å². The van der Waals surface area contributed by atoms with Crippen LogP contribution in [0.2, 0.25) is 12.1 Å². The van der Waals surface area contributed by atoms with Gasteiger partial charge < -0.3 is 8.85 Å². The minimum absolute atomic E-state index is 0.283. The Hall–Kier alpha value is 0.137. The standard InChI is InChI=1S/C12H28O2Si/c1-8-11(2)9-15(13-6,14-7)10-12(3,4)5/h11H,8-10H2,1-7H3. The maximum atomic E-state index is 5.75. The van der Waals surface area contributed by atoms with Gasteiger partial charge in [-0.15, -0.1) is 0 Å². The highest BCUT2D eigenvalue weighted by Gasteiger charge is 2.40. The van der Waals surface area contributed by atoms with Crippen molar-refractivity contribution in [1.29, 1.82) is 0 Å². The van der Waals surface area contributed by atoms with Gasteiger partial charge >= 0.3 is 8.56 Å². The lowest BCUT2D eigenvalue weighted by molar-refractivity contribution is 0.217. The summed E-state index contributed by atoms with van der Waals surface area (Å²) < 4.78 is 11.5. The van der Waals surface area contributed by atoms with Gasteiger partial charge in [-0.25, -0.2) is 0 Å². The second-order valence-corrected chi connectivity index (χ2v) is 9.17. The minimum atomic E-state index is -1.96. The molecule has 0 N–H and O–H groups in total. The first-order chi connectivity index (χ1) is 6.78. The number of hydrogen-bond donors (Lipinski definition) is 0. The lowest BCUT2D eigenvalue weighted by atomic mass is 10.0. The summed E-state index contributed by atoms with van der Waals surface area (Å²) in [6.45, 7) is 11.3. The van der Waals surface area contributed by atoms with Gasteiger partial charge in [-0.1, -0.05) is 41.0 Å². The van der Waals surface area contributed by atoms with Crippen LogP contribution in [0.5, 0.6) is 0 Å². The average molecular weight is 232 g/mol. The molecule has 0 aliphatic heterocycles. The fourth-order valence-electron chi connectivity index (χ4n) is 1.95. The van der Waals surface area contributed by atoms with Crippen molar-refractivity contribution in [2.75, 3.05) is 14.2 Å². The fourth-order valence-corrected chi connectivity index (χ4v) is 5.85. The van der Waals surface area contributed by atoms with E-state index in [4.69, 9.17) is 8.85 Å². The minimum Gasteiger partial charge on any atom is -0.398 e. The van der Waals surface area contributed by atoms with E-state index in [1.54, 1.807) is 0 Å². The molecule has 0 aromatic rings. The summed E-state index contributed by atoms with van der Waals surface area (Å²) >= 11 is 0. The van der Waals surface area contributed by atoms with E-state index in [0.29, 0.717) is 5.92 Å². The third-order valence-corrected chi connectivity index (χ3v) is 7.31. The van der Waals surface area contributed by atoms with Crippen LogP contribution in [0.1, 0.15) is 41.0 Å². The van der Waals surface area contributed by atoms with E-state index >= 15 is 0 Å². The smallest absolute Gasteiger partial charge is 0.338 e. The topological polar surface area (TPSA) is 18.5 Å². The second-order valence-electron chi connectivity index (χ2n) is 5.77. The molecule has 0 spiro atoms. The quantitative estimate of drug-likeness (QED) is 0.648. The summed E-state index contributed by atoms with van der Waals surface area (Å²) in [4.78, 5) is 0. The molecule has 0 aliphatic carbocycles. The molecule has 0 aromatic carbocycles. The molecule has 0 bridgehead atoms. The van der Waals surface area contributed by atoms with Crippen LogP contribution in [0.3, 0.4) is 0 Å². The van der Waals surface area contributed by atoms with Crippen molar-refractivity contribution < 1.29 is 8.85 Å². The van der Waals surface area contributed by atoms with Crippen LogP contribution in [-0.4, -0.2) is 22.8 Å². The summed E-state index contributed by atoms with van der Waals surface area (Å²) in [7, 11) is 1.66. The molecule has 0 aromatic heterocycles. The molecule has 3 heteroatoms. The maximum Gasteiger partial charge on any atom is 0.338 e. The molecule has 15 heavy (non-hydrogen) atoms. The molecule has 92 valence electrons. The normalized spacial score (nSPS) is 15.4. The maximum absolute atomic E-state index is 5.75. The highest BCUT2D eigenvalue weighted by Crippen LogP contribution is 2.33. The highest BCUT2D eigenvalue weighted by molar-refractivity contribution is 6.67. The first-order valence-electron chi connectivity index (χ1n) is 5.89. The van der Waals surface area contributed by atoms with Crippen molar-refractivity contribution in [3.8, 4) is 0 Å². The highest BCUT2D eigenvalue weighted by atomic mass is 28.4. The van der Waals surface area contributed by atoms with E-state index in [0.717, 1.165) is 12.1 Å². The van der Waals surface area contributed by atoms with Gasteiger partial charge in [-0.05, 0) is 23.4 Å². The van der Waals surface area contributed by atoms with Crippen molar-refractivity contribution in [3.05, 3.63) is 0 Å². The Labute approximate surface area is 96.6 Å². The Bertz CT molecular complexity index is 171. The van der Waals surface area contributed by atoms with Crippen LogP contribution in [0, 0.1) is 11.3 Å². The number of hydrogen-bond acceptors (Lipinski definition) is 2. The third kappa shape index (κ3) is 5.69. The van der Waals surface area contributed by atoms with Gasteiger partial charge in [0.05, 0.1) is 0 Å². The second kappa shape index (κ2) is 6.02. The summed E-state index contributed by atoms with van der Waals surface area (Å²) in [5, 5.41) is 0. The van der Waals surface area contributed by atoms with Gasteiger partial charge in [-0.3, -0.25) is 0 Å². The SMILES string of the molecule is CCC(C)C[Si](CC(C)(C)C)(OC)OC. The fraction of sp³-hybridized carbons (Fsp3) is 1.00. The van der Waals surface area contributed by atoms with Gasteiger partial charge in [0.2, 0.25) is 0 Å². The Morgan fingerprint density at radius 3 is 1.87 bits per heavy atom. The van der Waals surface area contributed by atoms with Crippen LogP contribution >= 0.6 is 0 Å². The van der Waals surface area contributed by atoms with Crippen LogP contribution in [0.15, 0.2) is 0 Å². The Balaban J connectivity index is 4.57. The third-order valence-electron chi connectivity index (χ3n) is 2.90. The molecule has 0 fully saturated rings. The number of rotatable bonds is 6.